The van der Waals surface area contributed by atoms with Gasteiger partial charge in [-0.2, -0.15) is 5.10 Å². The lowest BCUT2D eigenvalue weighted by atomic mass is 10.2. The molecule has 0 bridgehead atoms. The number of aromatic nitrogens is 5. The van der Waals surface area contributed by atoms with Crippen LogP contribution in [0, 0.1) is 0 Å². The second-order valence-corrected chi connectivity index (χ2v) is 5.95. The first-order valence-corrected chi connectivity index (χ1v) is 8.23. The zero-order valence-electron chi connectivity index (χ0n) is 14.6. The quantitative estimate of drug-likeness (QED) is 0.698. The van der Waals surface area contributed by atoms with E-state index in [-0.39, 0.29) is 5.92 Å². The fourth-order valence-corrected chi connectivity index (χ4v) is 2.66. The van der Waals surface area contributed by atoms with Gasteiger partial charge in [-0.05, 0) is 12.1 Å². The van der Waals surface area contributed by atoms with Crippen molar-refractivity contribution in [2.75, 3.05) is 7.11 Å². The van der Waals surface area contributed by atoms with Crippen molar-refractivity contribution in [3.05, 3.63) is 54.1 Å². The number of aryl methyl sites for hydroxylation is 1. The third-order valence-corrected chi connectivity index (χ3v) is 3.95. The molecule has 0 saturated carbocycles. The number of ether oxygens (including phenoxy) is 1. The minimum atomic E-state index is 0.258. The van der Waals surface area contributed by atoms with Crippen LogP contribution in [0.25, 0.3) is 5.69 Å². The fraction of sp³-hybridized carbons (Fsp3) is 0.389. The van der Waals surface area contributed by atoms with Crippen molar-refractivity contribution in [2.45, 2.75) is 39.7 Å². The van der Waals surface area contributed by atoms with E-state index >= 15 is 0 Å². The van der Waals surface area contributed by atoms with E-state index in [1.54, 1.807) is 7.11 Å². The summed E-state index contributed by atoms with van der Waals surface area (Å²) in [5.41, 5.74) is 0.896. The van der Waals surface area contributed by atoms with Crippen molar-refractivity contribution in [1.82, 2.24) is 24.3 Å². The highest BCUT2D eigenvalue weighted by Gasteiger charge is 2.17. The standard InChI is InChI=1S/C18H23N5O/c1-5-16-19-10-11-22(16)12-17-20-18(13(2)3)21-23(17)14-8-6-7-9-15(14)24-4/h6-11,13H,5,12H2,1-4H3. The normalized spacial score (nSPS) is 11.2. The van der Waals surface area contributed by atoms with E-state index in [1.165, 1.54) is 0 Å². The van der Waals surface area contributed by atoms with Gasteiger partial charge in [0.25, 0.3) is 0 Å². The summed E-state index contributed by atoms with van der Waals surface area (Å²) in [5, 5.41) is 4.72. The van der Waals surface area contributed by atoms with Crippen LogP contribution in [0.3, 0.4) is 0 Å². The van der Waals surface area contributed by atoms with E-state index in [4.69, 9.17) is 14.8 Å². The Bertz CT molecular complexity index is 818. The largest absolute Gasteiger partial charge is 0.494 e. The minimum absolute atomic E-state index is 0.258. The summed E-state index contributed by atoms with van der Waals surface area (Å²) in [6.45, 7) is 6.92. The van der Waals surface area contributed by atoms with Gasteiger partial charge in [0.05, 0.1) is 13.7 Å². The highest BCUT2D eigenvalue weighted by molar-refractivity contribution is 5.46. The molecule has 0 unspecified atom stereocenters. The molecule has 0 spiro atoms. The molecule has 0 radical (unpaired) electrons. The Morgan fingerprint density at radius 1 is 1.17 bits per heavy atom. The fourth-order valence-electron chi connectivity index (χ4n) is 2.66. The third kappa shape index (κ3) is 3.04. The lowest BCUT2D eigenvalue weighted by Gasteiger charge is -2.11. The van der Waals surface area contributed by atoms with Crippen LogP contribution in [0.15, 0.2) is 36.7 Å². The van der Waals surface area contributed by atoms with E-state index in [1.807, 2.05) is 41.3 Å². The van der Waals surface area contributed by atoms with Crippen LogP contribution in [0.5, 0.6) is 5.75 Å². The molecule has 2 aromatic heterocycles. The molecule has 0 aliphatic carbocycles. The first-order chi connectivity index (χ1) is 11.6. The van der Waals surface area contributed by atoms with Crippen LogP contribution in [-0.4, -0.2) is 31.4 Å². The smallest absolute Gasteiger partial charge is 0.154 e. The molecule has 6 heteroatoms. The van der Waals surface area contributed by atoms with Crippen molar-refractivity contribution in [2.24, 2.45) is 0 Å². The summed E-state index contributed by atoms with van der Waals surface area (Å²) >= 11 is 0. The summed E-state index contributed by atoms with van der Waals surface area (Å²) in [6, 6.07) is 7.86. The van der Waals surface area contributed by atoms with Gasteiger partial charge in [0.1, 0.15) is 17.3 Å². The Kier molecular flexibility index (Phi) is 4.64. The van der Waals surface area contributed by atoms with Crippen molar-refractivity contribution >= 4 is 0 Å². The summed E-state index contributed by atoms with van der Waals surface area (Å²) in [7, 11) is 1.67. The maximum absolute atomic E-state index is 5.50. The second-order valence-electron chi connectivity index (χ2n) is 5.95. The van der Waals surface area contributed by atoms with Crippen LogP contribution in [-0.2, 0) is 13.0 Å². The Labute approximate surface area is 142 Å². The third-order valence-electron chi connectivity index (χ3n) is 3.95. The van der Waals surface area contributed by atoms with Crippen molar-refractivity contribution in [1.29, 1.82) is 0 Å². The second kappa shape index (κ2) is 6.86. The molecular formula is C18H23N5O. The molecule has 1 aromatic carbocycles. The predicted octanol–water partition coefficient (Wildman–Crippen LogP) is 3.21. The molecule has 3 aromatic rings. The summed E-state index contributed by atoms with van der Waals surface area (Å²) in [4.78, 5) is 9.15. The molecule has 2 heterocycles. The minimum Gasteiger partial charge on any atom is -0.494 e. The topological polar surface area (TPSA) is 57.8 Å². The van der Waals surface area contributed by atoms with Gasteiger partial charge in [-0.25, -0.2) is 14.6 Å². The first-order valence-electron chi connectivity index (χ1n) is 8.23. The zero-order chi connectivity index (χ0) is 17.1. The predicted molar refractivity (Wildman–Crippen MR) is 92.7 cm³/mol. The van der Waals surface area contributed by atoms with Gasteiger partial charge in [0.2, 0.25) is 0 Å². The Hall–Kier alpha value is -2.63. The molecule has 126 valence electrons. The lowest BCUT2D eigenvalue weighted by Crippen LogP contribution is -2.11. The van der Waals surface area contributed by atoms with Gasteiger partial charge in [-0.1, -0.05) is 32.9 Å². The van der Waals surface area contributed by atoms with Crippen LogP contribution >= 0.6 is 0 Å². The van der Waals surface area contributed by atoms with E-state index < -0.39 is 0 Å². The van der Waals surface area contributed by atoms with Crippen LogP contribution in [0.1, 0.15) is 44.2 Å². The SMILES string of the molecule is CCc1nccn1Cc1nc(C(C)C)nn1-c1ccccc1OC. The highest BCUT2D eigenvalue weighted by Crippen LogP contribution is 2.24. The number of para-hydroxylation sites is 2. The monoisotopic (exact) mass is 325 g/mol. The Morgan fingerprint density at radius 2 is 1.96 bits per heavy atom. The number of rotatable bonds is 6. The summed E-state index contributed by atoms with van der Waals surface area (Å²) < 4.78 is 9.49. The number of methoxy groups -OCH3 is 1. The molecule has 0 N–H and O–H groups in total. The molecular weight excluding hydrogens is 302 g/mol. The number of benzene rings is 1. The van der Waals surface area contributed by atoms with Crippen molar-refractivity contribution in [3.8, 4) is 11.4 Å². The first kappa shape index (κ1) is 16.2. The zero-order valence-corrected chi connectivity index (χ0v) is 14.6. The molecule has 0 saturated heterocycles. The maximum atomic E-state index is 5.50. The van der Waals surface area contributed by atoms with Gasteiger partial charge in [0, 0.05) is 24.7 Å². The van der Waals surface area contributed by atoms with E-state index in [0.29, 0.717) is 6.54 Å². The average Bonchev–Trinajstić information content (AvgIpc) is 3.22. The summed E-state index contributed by atoms with van der Waals surface area (Å²) in [5.74, 6) is 3.77. The molecule has 0 aliphatic rings. The Morgan fingerprint density at radius 3 is 2.67 bits per heavy atom. The van der Waals surface area contributed by atoms with Gasteiger partial charge in [0.15, 0.2) is 11.6 Å². The van der Waals surface area contributed by atoms with Crippen molar-refractivity contribution < 1.29 is 4.74 Å². The Balaban J connectivity index is 2.08. The van der Waals surface area contributed by atoms with E-state index in [2.05, 4.69) is 30.3 Å². The number of hydrogen-bond acceptors (Lipinski definition) is 4. The van der Waals surface area contributed by atoms with Crippen molar-refractivity contribution in [3.63, 3.8) is 0 Å². The van der Waals surface area contributed by atoms with Gasteiger partial charge in [-0.15, -0.1) is 0 Å². The van der Waals surface area contributed by atoms with Crippen LogP contribution in [0.2, 0.25) is 0 Å². The molecule has 0 atom stereocenters. The molecule has 0 aliphatic heterocycles. The highest BCUT2D eigenvalue weighted by atomic mass is 16.5. The average molecular weight is 325 g/mol. The van der Waals surface area contributed by atoms with Crippen LogP contribution in [0.4, 0.5) is 0 Å². The maximum Gasteiger partial charge on any atom is 0.154 e. The number of imidazole rings is 1. The van der Waals surface area contributed by atoms with Gasteiger partial charge in [-0.3, -0.25) is 0 Å². The van der Waals surface area contributed by atoms with Gasteiger partial charge < -0.3 is 9.30 Å². The van der Waals surface area contributed by atoms with Crippen LogP contribution < -0.4 is 4.74 Å². The summed E-state index contributed by atoms with van der Waals surface area (Å²) in [6.07, 6.45) is 4.69. The molecule has 0 fully saturated rings. The van der Waals surface area contributed by atoms with Gasteiger partial charge >= 0.3 is 0 Å². The van der Waals surface area contributed by atoms with E-state index in [0.717, 1.165) is 35.3 Å². The molecule has 0 amide bonds. The van der Waals surface area contributed by atoms with E-state index in [9.17, 15) is 0 Å². The molecule has 3 rings (SSSR count). The lowest BCUT2D eigenvalue weighted by molar-refractivity contribution is 0.411. The molecule has 24 heavy (non-hydrogen) atoms. The number of hydrogen-bond donors (Lipinski definition) is 0. The molecule has 6 nitrogen and oxygen atoms in total. The number of nitrogens with zero attached hydrogens (tertiary/aromatic N) is 5.